The van der Waals surface area contributed by atoms with Crippen LogP contribution in [0.3, 0.4) is 0 Å². The van der Waals surface area contributed by atoms with Crippen LogP contribution in [0, 0.1) is 0 Å². The summed E-state index contributed by atoms with van der Waals surface area (Å²) in [6.45, 7) is 8.03. The first kappa shape index (κ1) is 21.4. The van der Waals surface area contributed by atoms with Crippen molar-refractivity contribution in [3.8, 4) is 0 Å². The van der Waals surface area contributed by atoms with Gasteiger partial charge in [-0.05, 0) is 12.5 Å². The number of carbonyl (C=O) groups excluding carboxylic acids is 1. The van der Waals surface area contributed by atoms with Gasteiger partial charge in [0.05, 0.1) is 19.3 Å². The monoisotopic (exact) mass is 402 g/mol. The largest absolute Gasteiger partial charge is 0.447 e. The molecule has 1 fully saturated rings. The Morgan fingerprint density at radius 2 is 1.97 bits per heavy atom. The van der Waals surface area contributed by atoms with Gasteiger partial charge in [-0.25, -0.2) is 4.98 Å². The fourth-order valence-electron chi connectivity index (χ4n) is 3.28. The average Bonchev–Trinajstić information content (AvgIpc) is 3.21. The third-order valence-electron chi connectivity index (χ3n) is 4.89. The van der Waals surface area contributed by atoms with E-state index in [-0.39, 0.29) is 5.91 Å². The Kier molecular flexibility index (Phi) is 8.18. The van der Waals surface area contributed by atoms with E-state index in [2.05, 4.69) is 20.1 Å². The van der Waals surface area contributed by atoms with Crippen LogP contribution in [0.4, 0.5) is 0 Å². The normalized spacial score (nSPS) is 16.6. The highest BCUT2D eigenvalue weighted by Gasteiger charge is 2.21. The van der Waals surface area contributed by atoms with Crippen molar-refractivity contribution in [3.63, 3.8) is 0 Å². The van der Waals surface area contributed by atoms with Crippen molar-refractivity contribution in [2.24, 2.45) is 0 Å². The van der Waals surface area contributed by atoms with Crippen LogP contribution in [-0.4, -0.2) is 77.8 Å². The standard InChI is InChI=1S/C21H30N4O4/c1-2-28-15-18(26)13-24-8-10-25(11-9-24)14-20-23-19(16-29-20)21(27)22-12-17-6-4-3-5-7-17/h3-7,16,18,26H,2,8-15H2,1H3,(H,22,27)/t18-/m1/s1. The summed E-state index contributed by atoms with van der Waals surface area (Å²) in [6.07, 6.45) is 0.959. The van der Waals surface area contributed by atoms with Crippen molar-refractivity contribution in [2.75, 3.05) is 45.9 Å². The van der Waals surface area contributed by atoms with Gasteiger partial charge in [0.2, 0.25) is 5.89 Å². The van der Waals surface area contributed by atoms with Crippen LogP contribution >= 0.6 is 0 Å². The summed E-state index contributed by atoms with van der Waals surface area (Å²) in [5.41, 5.74) is 1.34. The van der Waals surface area contributed by atoms with E-state index in [1.165, 1.54) is 6.26 Å². The van der Waals surface area contributed by atoms with E-state index >= 15 is 0 Å². The van der Waals surface area contributed by atoms with E-state index in [1.807, 2.05) is 37.3 Å². The molecule has 1 aromatic carbocycles. The Bertz CT molecular complexity index is 744. The second kappa shape index (κ2) is 11.1. The zero-order chi connectivity index (χ0) is 20.5. The third kappa shape index (κ3) is 6.93. The maximum atomic E-state index is 12.3. The van der Waals surface area contributed by atoms with Gasteiger partial charge in [-0.15, -0.1) is 0 Å². The highest BCUT2D eigenvalue weighted by Crippen LogP contribution is 2.10. The van der Waals surface area contributed by atoms with Crippen LogP contribution < -0.4 is 5.32 Å². The lowest BCUT2D eigenvalue weighted by atomic mass is 10.2. The van der Waals surface area contributed by atoms with E-state index in [1.54, 1.807) is 0 Å². The molecular formula is C21H30N4O4. The number of hydrogen-bond donors (Lipinski definition) is 2. The Morgan fingerprint density at radius 1 is 1.24 bits per heavy atom. The zero-order valence-electron chi connectivity index (χ0n) is 16.9. The second-order valence-electron chi connectivity index (χ2n) is 7.18. The van der Waals surface area contributed by atoms with Gasteiger partial charge in [-0.3, -0.25) is 14.6 Å². The predicted octanol–water partition coefficient (Wildman–Crippen LogP) is 1.12. The number of aromatic nitrogens is 1. The Balaban J connectivity index is 1.39. The topological polar surface area (TPSA) is 91.1 Å². The quantitative estimate of drug-likeness (QED) is 0.615. The molecule has 1 aliphatic heterocycles. The van der Waals surface area contributed by atoms with Crippen LogP contribution in [0.1, 0.15) is 28.9 Å². The Hall–Kier alpha value is -2.26. The van der Waals surface area contributed by atoms with Crippen molar-refractivity contribution >= 4 is 5.91 Å². The zero-order valence-corrected chi connectivity index (χ0v) is 16.9. The van der Waals surface area contributed by atoms with Gasteiger partial charge in [0.15, 0.2) is 5.69 Å². The van der Waals surface area contributed by atoms with E-state index in [0.717, 1.165) is 31.7 Å². The molecule has 1 aromatic heterocycles. The number of aliphatic hydroxyl groups excluding tert-OH is 1. The molecule has 0 unspecified atom stereocenters. The highest BCUT2D eigenvalue weighted by molar-refractivity contribution is 5.91. The smallest absolute Gasteiger partial charge is 0.273 e. The lowest BCUT2D eigenvalue weighted by Gasteiger charge is -2.34. The van der Waals surface area contributed by atoms with Crippen LogP contribution in [0.25, 0.3) is 0 Å². The first-order chi connectivity index (χ1) is 14.1. The van der Waals surface area contributed by atoms with E-state index in [0.29, 0.717) is 44.4 Å². The molecule has 1 saturated heterocycles. The molecule has 8 heteroatoms. The molecule has 0 saturated carbocycles. The predicted molar refractivity (Wildman–Crippen MR) is 108 cm³/mol. The number of aliphatic hydroxyl groups is 1. The van der Waals surface area contributed by atoms with Crippen molar-refractivity contribution in [1.82, 2.24) is 20.1 Å². The van der Waals surface area contributed by atoms with Crippen molar-refractivity contribution in [2.45, 2.75) is 26.1 Å². The van der Waals surface area contributed by atoms with Crippen LogP contribution in [0.15, 0.2) is 41.0 Å². The summed E-state index contributed by atoms with van der Waals surface area (Å²) in [7, 11) is 0. The van der Waals surface area contributed by atoms with Gasteiger partial charge in [0.25, 0.3) is 5.91 Å². The molecular weight excluding hydrogens is 372 g/mol. The minimum Gasteiger partial charge on any atom is -0.447 e. The van der Waals surface area contributed by atoms with Crippen LogP contribution in [0.5, 0.6) is 0 Å². The fraction of sp³-hybridized carbons (Fsp3) is 0.524. The second-order valence-corrected chi connectivity index (χ2v) is 7.18. The molecule has 1 aliphatic rings. The minimum atomic E-state index is -0.454. The summed E-state index contributed by atoms with van der Waals surface area (Å²) in [5, 5.41) is 12.8. The molecule has 2 aromatic rings. The molecule has 2 N–H and O–H groups in total. The summed E-state index contributed by atoms with van der Waals surface area (Å²) >= 11 is 0. The molecule has 1 atom stereocenters. The molecule has 2 heterocycles. The molecule has 3 rings (SSSR count). The lowest BCUT2D eigenvalue weighted by Crippen LogP contribution is -2.48. The van der Waals surface area contributed by atoms with Crippen molar-refractivity contribution < 1.29 is 19.1 Å². The molecule has 29 heavy (non-hydrogen) atoms. The number of piperazine rings is 1. The first-order valence-electron chi connectivity index (χ1n) is 10.1. The Labute approximate surface area is 171 Å². The van der Waals surface area contributed by atoms with Crippen molar-refractivity contribution in [3.05, 3.63) is 53.7 Å². The number of benzene rings is 1. The molecule has 0 aliphatic carbocycles. The summed E-state index contributed by atoms with van der Waals surface area (Å²) in [4.78, 5) is 21.1. The molecule has 0 bridgehead atoms. The number of amides is 1. The summed E-state index contributed by atoms with van der Waals surface area (Å²) < 4.78 is 10.8. The highest BCUT2D eigenvalue weighted by atomic mass is 16.5. The number of rotatable bonds is 10. The van der Waals surface area contributed by atoms with Crippen molar-refractivity contribution in [1.29, 1.82) is 0 Å². The summed E-state index contributed by atoms with van der Waals surface area (Å²) in [5.74, 6) is 0.302. The van der Waals surface area contributed by atoms with Crippen LogP contribution in [-0.2, 0) is 17.8 Å². The fourth-order valence-corrected chi connectivity index (χ4v) is 3.28. The van der Waals surface area contributed by atoms with Gasteiger partial charge in [-0.2, -0.15) is 0 Å². The number of hydrogen-bond acceptors (Lipinski definition) is 7. The molecule has 8 nitrogen and oxygen atoms in total. The number of nitrogens with one attached hydrogen (secondary N) is 1. The average molecular weight is 402 g/mol. The van der Waals surface area contributed by atoms with Gasteiger partial charge in [0.1, 0.15) is 6.26 Å². The number of oxazole rings is 1. The number of carbonyl (C=O) groups is 1. The van der Waals surface area contributed by atoms with E-state index in [4.69, 9.17) is 9.15 Å². The Morgan fingerprint density at radius 3 is 2.69 bits per heavy atom. The number of ether oxygens (including phenoxy) is 1. The third-order valence-corrected chi connectivity index (χ3v) is 4.89. The maximum Gasteiger partial charge on any atom is 0.273 e. The lowest BCUT2D eigenvalue weighted by molar-refractivity contribution is 0.00949. The van der Waals surface area contributed by atoms with Gasteiger partial charge in [-0.1, -0.05) is 30.3 Å². The summed E-state index contributed by atoms with van der Waals surface area (Å²) in [6, 6.07) is 9.75. The minimum absolute atomic E-state index is 0.239. The number of β-amino-alcohol motifs (C(OH)–C–C–N with tert-alkyl or cyclic N) is 1. The molecule has 158 valence electrons. The van der Waals surface area contributed by atoms with Gasteiger partial charge < -0.3 is 19.6 Å². The molecule has 1 amide bonds. The number of nitrogens with zero attached hydrogens (tertiary/aromatic N) is 3. The van der Waals surface area contributed by atoms with E-state index in [9.17, 15) is 9.90 Å². The SMILES string of the molecule is CCOC[C@H](O)CN1CCN(Cc2nc(C(=O)NCc3ccccc3)co2)CC1. The molecule has 0 spiro atoms. The van der Waals surface area contributed by atoms with E-state index < -0.39 is 6.10 Å². The maximum absolute atomic E-state index is 12.3. The van der Waals surface area contributed by atoms with Gasteiger partial charge >= 0.3 is 0 Å². The van der Waals surface area contributed by atoms with Gasteiger partial charge in [0, 0.05) is 45.9 Å². The molecule has 0 radical (unpaired) electrons. The first-order valence-corrected chi connectivity index (χ1v) is 10.1. The van der Waals surface area contributed by atoms with Crippen LogP contribution in [0.2, 0.25) is 0 Å².